The maximum absolute atomic E-state index is 13.7. The highest BCUT2D eigenvalue weighted by Gasteiger charge is 2.12. The van der Waals surface area contributed by atoms with Crippen LogP contribution in [-0.2, 0) is 12.2 Å². The molecule has 2 heterocycles. The first-order valence-corrected chi connectivity index (χ1v) is 11.0. The van der Waals surface area contributed by atoms with Gasteiger partial charge >= 0.3 is 0 Å². The maximum Gasteiger partial charge on any atom is 0.277 e. The number of hydrogen-bond acceptors (Lipinski definition) is 8. The fourth-order valence-corrected chi connectivity index (χ4v) is 3.60. The molecular weight excluding hydrogens is 441 g/mol. The van der Waals surface area contributed by atoms with Crippen LogP contribution in [0.4, 0.5) is 10.1 Å². The summed E-state index contributed by atoms with van der Waals surface area (Å²) >= 11 is 7.09. The van der Waals surface area contributed by atoms with Crippen LogP contribution in [0.25, 0.3) is 11.5 Å². The monoisotopic (exact) mass is 459 g/mol. The summed E-state index contributed by atoms with van der Waals surface area (Å²) in [6, 6.07) is 12.4. The van der Waals surface area contributed by atoms with Gasteiger partial charge in [-0.1, -0.05) is 46.2 Å². The Balaban J connectivity index is 1.23. The molecule has 4 rings (SSSR count). The van der Waals surface area contributed by atoms with Gasteiger partial charge in [-0.15, -0.1) is 10.2 Å². The number of halogens is 2. The number of aryl methyl sites for hydroxylation is 2. The van der Waals surface area contributed by atoms with Crippen molar-refractivity contribution in [2.75, 3.05) is 11.9 Å². The van der Waals surface area contributed by atoms with Gasteiger partial charge in [0.15, 0.2) is 5.82 Å². The van der Waals surface area contributed by atoms with Gasteiger partial charge in [0, 0.05) is 23.6 Å². The number of nitrogens with zero attached hydrogens (tertiary/aromatic N) is 4. The Kier molecular flexibility index (Phi) is 6.83. The first-order chi connectivity index (χ1) is 15.1. The Morgan fingerprint density at radius 1 is 1.16 bits per heavy atom. The van der Waals surface area contributed by atoms with Crippen molar-refractivity contribution >= 4 is 29.1 Å². The number of hydrogen-bond donors (Lipinski definition) is 1. The smallest absolute Gasteiger partial charge is 0.277 e. The van der Waals surface area contributed by atoms with Crippen LogP contribution in [0.15, 0.2) is 56.6 Å². The van der Waals surface area contributed by atoms with Gasteiger partial charge in [-0.3, -0.25) is 0 Å². The predicted octanol–water partition coefficient (Wildman–Crippen LogP) is 5.56. The second kappa shape index (κ2) is 9.93. The zero-order valence-electron chi connectivity index (χ0n) is 16.6. The van der Waals surface area contributed by atoms with Crippen molar-refractivity contribution in [3.05, 3.63) is 70.6 Å². The van der Waals surface area contributed by atoms with Crippen LogP contribution >= 0.6 is 23.4 Å². The molecule has 0 saturated heterocycles. The molecule has 31 heavy (non-hydrogen) atoms. The lowest BCUT2D eigenvalue weighted by Gasteiger charge is -2.06. The van der Waals surface area contributed by atoms with E-state index in [1.165, 1.54) is 17.8 Å². The second-order valence-electron chi connectivity index (χ2n) is 6.79. The van der Waals surface area contributed by atoms with Gasteiger partial charge in [-0.2, -0.15) is 4.98 Å². The molecule has 0 radical (unpaired) electrons. The Morgan fingerprint density at radius 3 is 2.90 bits per heavy atom. The third-order valence-corrected chi connectivity index (χ3v) is 5.37. The molecule has 0 aliphatic rings. The number of nitrogens with one attached hydrogen (secondary N) is 1. The summed E-state index contributed by atoms with van der Waals surface area (Å²) in [7, 11) is 0. The zero-order chi connectivity index (χ0) is 21.6. The Bertz CT molecular complexity index is 1170. The minimum atomic E-state index is -0.379. The number of aromatic nitrogens is 4. The average Bonchev–Trinajstić information content (AvgIpc) is 3.40. The molecule has 2 aromatic carbocycles. The van der Waals surface area contributed by atoms with Gasteiger partial charge < -0.3 is 14.3 Å². The van der Waals surface area contributed by atoms with E-state index >= 15 is 0 Å². The normalized spacial score (nSPS) is 11.1. The molecule has 0 bridgehead atoms. The maximum atomic E-state index is 13.7. The number of anilines is 1. The van der Waals surface area contributed by atoms with Gasteiger partial charge in [0.1, 0.15) is 5.82 Å². The van der Waals surface area contributed by atoms with Gasteiger partial charge in [-0.05, 0) is 43.7 Å². The fraction of sp³-hybridized carbons (Fsp3) is 0.238. The summed E-state index contributed by atoms with van der Waals surface area (Å²) in [6.45, 7) is 2.57. The Hall–Kier alpha value is -2.91. The van der Waals surface area contributed by atoms with Crippen molar-refractivity contribution in [2.24, 2.45) is 0 Å². The van der Waals surface area contributed by atoms with E-state index in [1.54, 1.807) is 12.1 Å². The molecule has 7 nitrogen and oxygen atoms in total. The molecule has 160 valence electrons. The first-order valence-electron chi connectivity index (χ1n) is 9.60. The van der Waals surface area contributed by atoms with Gasteiger partial charge in [0.25, 0.3) is 5.22 Å². The minimum absolute atomic E-state index is 0.367. The lowest BCUT2D eigenvalue weighted by Crippen LogP contribution is -2.04. The quantitative estimate of drug-likeness (QED) is 0.257. The summed E-state index contributed by atoms with van der Waals surface area (Å²) in [5.41, 5.74) is 2.42. The van der Waals surface area contributed by atoms with Crippen LogP contribution in [0.5, 0.6) is 0 Å². The van der Waals surface area contributed by atoms with Crippen molar-refractivity contribution < 1.29 is 13.3 Å². The summed E-state index contributed by atoms with van der Waals surface area (Å²) in [4.78, 5) is 4.37. The summed E-state index contributed by atoms with van der Waals surface area (Å²) in [5, 5.41) is 16.0. The van der Waals surface area contributed by atoms with E-state index in [0.29, 0.717) is 58.7 Å². The predicted molar refractivity (Wildman–Crippen MR) is 117 cm³/mol. The number of benzene rings is 2. The summed E-state index contributed by atoms with van der Waals surface area (Å²) < 4.78 is 24.7. The first kappa shape index (κ1) is 21.3. The summed E-state index contributed by atoms with van der Waals surface area (Å²) in [5.74, 6) is 1.63. The average molecular weight is 460 g/mol. The van der Waals surface area contributed by atoms with Gasteiger partial charge in [-0.25, -0.2) is 4.39 Å². The molecule has 10 heteroatoms. The molecule has 4 aromatic rings. The SMILES string of the molecule is Cc1cccc(-c2nnc(SCc3noc(CCCNc4ccc(Cl)cc4F)n3)o2)c1. The second-order valence-corrected chi connectivity index (χ2v) is 8.15. The molecular formula is C21H19ClFN5O2S. The molecule has 1 N–H and O–H groups in total. The van der Waals surface area contributed by atoms with E-state index in [4.69, 9.17) is 20.5 Å². The van der Waals surface area contributed by atoms with E-state index in [2.05, 4.69) is 25.7 Å². The van der Waals surface area contributed by atoms with E-state index in [0.717, 1.165) is 11.1 Å². The third kappa shape index (κ3) is 5.83. The third-order valence-electron chi connectivity index (χ3n) is 4.32. The molecule has 2 aromatic heterocycles. The van der Waals surface area contributed by atoms with Crippen molar-refractivity contribution in [3.8, 4) is 11.5 Å². The number of rotatable bonds is 9. The van der Waals surface area contributed by atoms with E-state index in [-0.39, 0.29) is 5.82 Å². The highest BCUT2D eigenvalue weighted by atomic mass is 35.5. The van der Waals surface area contributed by atoms with Crippen LogP contribution < -0.4 is 5.32 Å². The van der Waals surface area contributed by atoms with Crippen molar-refractivity contribution in [2.45, 2.75) is 30.7 Å². The van der Waals surface area contributed by atoms with Gasteiger partial charge in [0.05, 0.1) is 11.4 Å². The van der Waals surface area contributed by atoms with Crippen LogP contribution in [0.3, 0.4) is 0 Å². The molecule has 0 spiro atoms. The Morgan fingerprint density at radius 2 is 2.06 bits per heavy atom. The molecule has 0 fully saturated rings. The molecule has 0 atom stereocenters. The van der Waals surface area contributed by atoms with E-state index in [9.17, 15) is 4.39 Å². The van der Waals surface area contributed by atoms with Crippen LogP contribution in [0.1, 0.15) is 23.7 Å². The molecule has 0 saturated carbocycles. The topological polar surface area (TPSA) is 89.9 Å². The Labute approximate surface area is 187 Å². The van der Waals surface area contributed by atoms with Crippen LogP contribution in [0, 0.1) is 12.7 Å². The standard InChI is InChI=1S/C21H19ClFN5O2S/c1-13-4-2-5-14(10-13)20-26-27-21(29-20)31-12-18-25-19(30-28-18)6-3-9-24-17-8-7-15(22)11-16(17)23/h2,4-5,7-8,10-11,24H,3,6,9,12H2,1H3. The van der Waals surface area contributed by atoms with Crippen LogP contribution in [-0.4, -0.2) is 26.9 Å². The molecule has 0 unspecified atom stereocenters. The van der Waals surface area contributed by atoms with Crippen molar-refractivity contribution in [1.82, 2.24) is 20.3 Å². The van der Waals surface area contributed by atoms with Crippen molar-refractivity contribution in [1.29, 1.82) is 0 Å². The molecule has 0 aliphatic heterocycles. The van der Waals surface area contributed by atoms with Crippen molar-refractivity contribution in [3.63, 3.8) is 0 Å². The summed E-state index contributed by atoms with van der Waals surface area (Å²) in [6.07, 6.45) is 1.29. The van der Waals surface area contributed by atoms with E-state index < -0.39 is 0 Å². The molecule has 0 aliphatic carbocycles. The van der Waals surface area contributed by atoms with E-state index in [1.807, 2.05) is 31.2 Å². The fourth-order valence-electron chi connectivity index (χ4n) is 2.83. The highest BCUT2D eigenvalue weighted by molar-refractivity contribution is 7.98. The molecule has 0 amide bonds. The minimum Gasteiger partial charge on any atom is -0.411 e. The number of thioether (sulfide) groups is 1. The lowest BCUT2D eigenvalue weighted by atomic mass is 10.1. The highest BCUT2D eigenvalue weighted by Crippen LogP contribution is 2.25. The van der Waals surface area contributed by atoms with Crippen LogP contribution in [0.2, 0.25) is 5.02 Å². The lowest BCUT2D eigenvalue weighted by molar-refractivity contribution is 0.372. The van der Waals surface area contributed by atoms with Gasteiger partial charge in [0.2, 0.25) is 11.8 Å². The zero-order valence-corrected chi connectivity index (χ0v) is 18.2. The largest absolute Gasteiger partial charge is 0.411 e.